The fourth-order valence-corrected chi connectivity index (χ4v) is 4.61. The number of carbonyl (C=O) groups is 1. The molecule has 0 spiro atoms. The molecule has 0 aliphatic carbocycles. The molecule has 1 aromatic carbocycles. The fraction of sp³-hybridized carbons (Fsp3) is 0.619. The minimum atomic E-state index is -0.00374. The number of piperazine rings is 1. The maximum Gasteiger partial charge on any atom is 0.329 e. The summed E-state index contributed by atoms with van der Waals surface area (Å²) in [5.74, 6) is 0.164. The standard InChI is InChI=1S/C21H31N5O2.ClH/c1-2-11-25-18-5-3-4-6-19(18)26(21(25)28)13-8-20(27)24-12-7-17(16-24)23-14-9-22-10-15-23;/h3-6,17,22H,2,7-16H2,1H3;1H. The second-order valence-electron chi connectivity index (χ2n) is 7.89. The lowest BCUT2D eigenvalue weighted by Crippen LogP contribution is -2.49. The van der Waals surface area contributed by atoms with E-state index in [-0.39, 0.29) is 24.0 Å². The number of rotatable bonds is 6. The van der Waals surface area contributed by atoms with E-state index in [1.807, 2.05) is 33.7 Å². The summed E-state index contributed by atoms with van der Waals surface area (Å²) in [6, 6.07) is 8.37. The van der Waals surface area contributed by atoms with Crippen molar-refractivity contribution in [1.82, 2.24) is 24.3 Å². The number of amides is 1. The van der Waals surface area contributed by atoms with Crippen LogP contribution in [0.1, 0.15) is 26.2 Å². The number of carbonyl (C=O) groups excluding carboxylic acids is 1. The van der Waals surface area contributed by atoms with E-state index < -0.39 is 0 Å². The van der Waals surface area contributed by atoms with Gasteiger partial charge in [-0.05, 0) is 25.0 Å². The maximum absolute atomic E-state index is 12.9. The Kier molecular flexibility index (Phi) is 7.38. The summed E-state index contributed by atoms with van der Waals surface area (Å²) in [6.45, 7) is 9.10. The molecule has 2 fully saturated rings. The second-order valence-corrected chi connectivity index (χ2v) is 7.89. The molecule has 1 amide bonds. The van der Waals surface area contributed by atoms with Crippen molar-refractivity contribution < 1.29 is 4.79 Å². The van der Waals surface area contributed by atoms with Crippen molar-refractivity contribution in [3.8, 4) is 0 Å². The van der Waals surface area contributed by atoms with E-state index in [1.54, 1.807) is 4.57 Å². The molecule has 8 heteroatoms. The van der Waals surface area contributed by atoms with Crippen LogP contribution in [0.2, 0.25) is 0 Å². The van der Waals surface area contributed by atoms with Gasteiger partial charge in [0.1, 0.15) is 0 Å². The summed E-state index contributed by atoms with van der Waals surface area (Å²) in [5, 5.41) is 3.38. The van der Waals surface area contributed by atoms with Gasteiger partial charge in [-0.15, -0.1) is 12.4 Å². The van der Waals surface area contributed by atoms with Gasteiger partial charge in [-0.2, -0.15) is 0 Å². The molecule has 29 heavy (non-hydrogen) atoms. The molecule has 4 rings (SSSR count). The van der Waals surface area contributed by atoms with Crippen molar-refractivity contribution in [3.63, 3.8) is 0 Å². The molecule has 0 radical (unpaired) electrons. The van der Waals surface area contributed by atoms with Crippen LogP contribution >= 0.6 is 12.4 Å². The zero-order valence-electron chi connectivity index (χ0n) is 17.2. The number of likely N-dealkylation sites (tertiary alicyclic amines) is 1. The van der Waals surface area contributed by atoms with Crippen LogP contribution < -0.4 is 11.0 Å². The lowest BCUT2D eigenvalue weighted by Gasteiger charge is -2.32. The van der Waals surface area contributed by atoms with Gasteiger partial charge < -0.3 is 10.2 Å². The van der Waals surface area contributed by atoms with Crippen LogP contribution in [0.25, 0.3) is 11.0 Å². The molecule has 1 aromatic heterocycles. The average Bonchev–Trinajstić information content (AvgIpc) is 3.32. The van der Waals surface area contributed by atoms with E-state index in [4.69, 9.17) is 0 Å². The molecular weight excluding hydrogens is 390 g/mol. The van der Waals surface area contributed by atoms with Crippen LogP contribution in [0.15, 0.2) is 29.1 Å². The first kappa shape index (κ1) is 21.9. The Morgan fingerprint density at radius 1 is 1.07 bits per heavy atom. The quantitative estimate of drug-likeness (QED) is 0.768. The molecular formula is C21H32ClN5O2. The average molecular weight is 422 g/mol. The topological polar surface area (TPSA) is 62.5 Å². The number of fused-ring (bicyclic) bond motifs is 1. The highest BCUT2D eigenvalue weighted by Gasteiger charge is 2.30. The number of hydrogen-bond acceptors (Lipinski definition) is 4. The molecule has 0 bridgehead atoms. The monoisotopic (exact) mass is 421 g/mol. The van der Waals surface area contributed by atoms with Crippen LogP contribution in [0.3, 0.4) is 0 Å². The van der Waals surface area contributed by atoms with Crippen LogP contribution in [-0.4, -0.2) is 70.2 Å². The highest BCUT2D eigenvalue weighted by molar-refractivity contribution is 5.85. The van der Waals surface area contributed by atoms with E-state index in [0.717, 1.165) is 63.1 Å². The van der Waals surface area contributed by atoms with Gasteiger partial charge in [0.15, 0.2) is 0 Å². The van der Waals surface area contributed by atoms with Gasteiger partial charge in [-0.25, -0.2) is 4.79 Å². The summed E-state index contributed by atoms with van der Waals surface area (Å²) >= 11 is 0. The van der Waals surface area contributed by atoms with E-state index in [1.165, 1.54) is 0 Å². The van der Waals surface area contributed by atoms with Crippen molar-refractivity contribution in [2.45, 2.75) is 45.3 Å². The first-order valence-electron chi connectivity index (χ1n) is 10.6. The summed E-state index contributed by atoms with van der Waals surface area (Å²) in [7, 11) is 0. The van der Waals surface area contributed by atoms with E-state index in [0.29, 0.717) is 25.6 Å². The zero-order valence-corrected chi connectivity index (χ0v) is 18.0. The Bertz CT molecular complexity index is 887. The molecule has 2 saturated heterocycles. The Balaban J connectivity index is 0.00000240. The number of nitrogens with zero attached hydrogens (tertiary/aromatic N) is 4. The van der Waals surface area contributed by atoms with Gasteiger partial charge in [-0.1, -0.05) is 19.1 Å². The van der Waals surface area contributed by atoms with Gasteiger partial charge >= 0.3 is 5.69 Å². The molecule has 1 N–H and O–H groups in total. The fourth-order valence-electron chi connectivity index (χ4n) is 4.61. The van der Waals surface area contributed by atoms with Crippen LogP contribution in [-0.2, 0) is 17.9 Å². The van der Waals surface area contributed by atoms with Gasteiger partial charge in [0, 0.05) is 64.8 Å². The van der Waals surface area contributed by atoms with Crippen LogP contribution in [0, 0.1) is 0 Å². The van der Waals surface area contributed by atoms with Crippen molar-refractivity contribution in [1.29, 1.82) is 0 Å². The highest BCUT2D eigenvalue weighted by Crippen LogP contribution is 2.18. The van der Waals surface area contributed by atoms with Crippen LogP contribution in [0.4, 0.5) is 0 Å². The Labute approximate surface area is 178 Å². The predicted molar refractivity (Wildman–Crippen MR) is 118 cm³/mol. The van der Waals surface area contributed by atoms with Gasteiger partial charge in [-0.3, -0.25) is 18.8 Å². The van der Waals surface area contributed by atoms with Gasteiger partial charge in [0.2, 0.25) is 5.91 Å². The molecule has 0 saturated carbocycles. The summed E-state index contributed by atoms with van der Waals surface area (Å²) in [4.78, 5) is 30.2. The van der Waals surface area contributed by atoms with Crippen molar-refractivity contribution in [2.75, 3.05) is 39.3 Å². The number of imidazole rings is 1. The molecule has 3 heterocycles. The summed E-state index contributed by atoms with van der Waals surface area (Å²) in [6.07, 6.45) is 2.35. The van der Waals surface area contributed by atoms with Gasteiger partial charge in [0.05, 0.1) is 11.0 Å². The number of nitrogens with one attached hydrogen (secondary N) is 1. The Hall–Kier alpha value is -1.83. The lowest BCUT2D eigenvalue weighted by atomic mass is 10.2. The van der Waals surface area contributed by atoms with E-state index in [2.05, 4.69) is 17.1 Å². The largest absolute Gasteiger partial charge is 0.341 e. The molecule has 2 aromatic rings. The molecule has 1 unspecified atom stereocenters. The van der Waals surface area contributed by atoms with E-state index >= 15 is 0 Å². The molecule has 2 aliphatic rings. The number of aromatic nitrogens is 2. The van der Waals surface area contributed by atoms with Gasteiger partial charge in [0.25, 0.3) is 0 Å². The third-order valence-electron chi connectivity index (χ3n) is 6.11. The maximum atomic E-state index is 12.9. The van der Waals surface area contributed by atoms with Crippen LogP contribution in [0.5, 0.6) is 0 Å². The smallest absolute Gasteiger partial charge is 0.329 e. The third kappa shape index (κ3) is 4.52. The second kappa shape index (κ2) is 9.78. The molecule has 160 valence electrons. The Morgan fingerprint density at radius 2 is 1.72 bits per heavy atom. The highest BCUT2D eigenvalue weighted by atomic mass is 35.5. The normalized spacial score (nSPS) is 20.2. The van der Waals surface area contributed by atoms with E-state index in [9.17, 15) is 9.59 Å². The predicted octanol–water partition coefficient (Wildman–Crippen LogP) is 1.53. The number of para-hydroxylation sites is 2. The molecule has 7 nitrogen and oxygen atoms in total. The number of hydrogen-bond donors (Lipinski definition) is 1. The zero-order chi connectivity index (χ0) is 19.5. The number of aryl methyl sites for hydroxylation is 2. The SMILES string of the molecule is CCCn1c(=O)n(CCC(=O)N2CCC(N3CCNCC3)C2)c2ccccc21.Cl. The van der Waals surface area contributed by atoms with Crippen molar-refractivity contribution >= 4 is 29.3 Å². The number of benzene rings is 1. The first-order valence-corrected chi connectivity index (χ1v) is 10.6. The summed E-state index contributed by atoms with van der Waals surface area (Å²) in [5.41, 5.74) is 1.88. The Morgan fingerprint density at radius 3 is 2.38 bits per heavy atom. The van der Waals surface area contributed by atoms with Crippen molar-refractivity contribution in [3.05, 3.63) is 34.7 Å². The minimum Gasteiger partial charge on any atom is -0.341 e. The van der Waals surface area contributed by atoms with Crippen molar-refractivity contribution in [2.24, 2.45) is 0 Å². The molecule has 1 atom stereocenters. The lowest BCUT2D eigenvalue weighted by molar-refractivity contribution is -0.130. The summed E-state index contributed by atoms with van der Waals surface area (Å²) < 4.78 is 3.60. The third-order valence-corrected chi connectivity index (χ3v) is 6.11. The first-order chi connectivity index (χ1) is 13.7. The molecule has 2 aliphatic heterocycles. The number of halogens is 1. The minimum absolute atomic E-state index is 0.